The molecule has 0 bridgehead atoms. The summed E-state index contributed by atoms with van der Waals surface area (Å²) in [5.74, 6) is 0.644. The Morgan fingerprint density at radius 3 is 2.47 bits per heavy atom. The van der Waals surface area contributed by atoms with Gasteiger partial charge in [0.15, 0.2) is 6.29 Å². The third-order valence-corrected chi connectivity index (χ3v) is 4.35. The summed E-state index contributed by atoms with van der Waals surface area (Å²) in [6.45, 7) is 0. The molecule has 3 heteroatoms. The summed E-state index contributed by atoms with van der Waals surface area (Å²) < 4.78 is 2.17. The molecule has 0 atom stereocenters. The lowest BCUT2D eigenvalue weighted by Crippen LogP contribution is -2.22. The molecule has 3 rings (SSSR count). The van der Waals surface area contributed by atoms with E-state index in [1.54, 1.807) is 0 Å². The zero-order valence-electron chi connectivity index (χ0n) is 10.3. The topological polar surface area (TPSA) is 34.9 Å². The SMILES string of the molecule is O=Cc1cc(C2CCCCC2)n(C2CCC2)n1. The average molecular weight is 232 g/mol. The molecule has 1 heterocycles. The van der Waals surface area contributed by atoms with Crippen molar-refractivity contribution in [2.75, 3.05) is 0 Å². The summed E-state index contributed by atoms with van der Waals surface area (Å²) in [6, 6.07) is 2.60. The molecular formula is C14H20N2O. The monoisotopic (exact) mass is 232 g/mol. The molecule has 0 aromatic carbocycles. The van der Waals surface area contributed by atoms with Gasteiger partial charge in [-0.05, 0) is 38.2 Å². The van der Waals surface area contributed by atoms with Gasteiger partial charge < -0.3 is 0 Å². The summed E-state index contributed by atoms with van der Waals surface area (Å²) in [6.07, 6.45) is 11.3. The van der Waals surface area contributed by atoms with Gasteiger partial charge in [-0.25, -0.2) is 0 Å². The fourth-order valence-corrected chi connectivity index (χ4v) is 3.11. The third-order valence-electron chi connectivity index (χ3n) is 4.35. The van der Waals surface area contributed by atoms with Gasteiger partial charge in [0.05, 0.1) is 6.04 Å². The number of aromatic nitrogens is 2. The third kappa shape index (κ3) is 2.03. The molecule has 0 unspecified atom stereocenters. The number of hydrogen-bond donors (Lipinski definition) is 0. The lowest BCUT2D eigenvalue weighted by Gasteiger charge is -2.30. The number of carbonyl (C=O) groups excluding carboxylic acids is 1. The number of nitrogens with zero attached hydrogens (tertiary/aromatic N) is 2. The highest BCUT2D eigenvalue weighted by Gasteiger charge is 2.27. The highest BCUT2D eigenvalue weighted by atomic mass is 16.1. The highest BCUT2D eigenvalue weighted by molar-refractivity contribution is 5.71. The fourth-order valence-electron chi connectivity index (χ4n) is 3.11. The molecule has 0 spiro atoms. The second-order valence-electron chi connectivity index (χ2n) is 5.48. The Bertz CT molecular complexity index is 400. The van der Waals surface area contributed by atoms with E-state index in [2.05, 4.69) is 9.78 Å². The van der Waals surface area contributed by atoms with Crippen molar-refractivity contribution in [2.24, 2.45) is 0 Å². The van der Waals surface area contributed by atoms with Crippen LogP contribution in [-0.4, -0.2) is 16.1 Å². The van der Waals surface area contributed by atoms with Crippen molar-refractivity contribution in [2.45, 2.75) is 63.3 Å². The first-order chi connectivity index (χ1) is 8.38. The van der Waals surface area contributed by atoms with Gasteiger partial charge in [0.25, 0.3) is 0 Å². The lowest BCUT2D eigenvalue weighted by atomic mass is 9.85. The first-order valence-electron chi connectivity index (χ1n) is 6.93. The molecule has 0 radical (unpaired) electrons. The Morgan fingerprint density at radius 2 is 1.88 bits per heavy atom. The predicted octanol–water partition coefficient (Wildman–Crippen LogP) is 3.47. The molecule has 1 aromatic heterocycles. The van der Waals surface area contributed by atoms with Crippen LogP contribution in [0.3, 0.4) is 0 Å². The Hall–Kier alpha value is -1.12. The van der Waals surface area contributed by atoms with Crippen LogP contribution in [0.5, 0.6) is 0 Å². The molecule has 17 heavy (non-hydrogen) atoms. The quantitative estimate of drug-likeness (QED) is 0.748. The number of aldehydes is 1. The van der Waals surface area contributed by atoms with Crippen molar-refractivity contribution in [1.82, 2.24) is 9.78 Å². The maximum atomic E-state index is 10.9. The van der Waals surface area contributed by atoms with Crippen LogP contribution in [0.2, 0.25) is 0 Å². The van der Waals surface area contributed by atoms with Crippen molar-refractivity contribution in [3.05, 3.63) is 17.5 Å². The van der Waals surface area contributed by atoms with Crippen molar-refractivity contribution in [3.63, 3.8) is 0 Å². The van der Waals surface area contributed by atoms with E-state index in [1.165, 1.54) is 57.1 Å². The Morgan fingerprint density at radius 1 is 1.12 bits per heavy atom. The number of hydrogen-bond acceptors (Lipinski definition) is 2. The van der Waals surface area contributed by atoms with Crippen LogP contribution in [-0.2, 0) is 0 Å². The van der Waals surface area contributed by atoms with Crippen LogP contribution >= 0.6 is 0 Å². The van der Waals surface area contributed by atoms with Gasteiger partial charge in [-0.1, -0.05) is 19.3 Å². The summed E-state index contributed by atoms with van der Waals surface area (Å²) >= 11 is 0. The van der Waals surface area contributed by atoms with Crippen molar-refractivity contribution in [3.8, 4) is 0 Å². The van der Waals surface area contributed by atoms with Crippen molar-refractivity contribution >= 4 is 6.29 Å². The molecule has 2 aliphatic rings. The predicted molar refractivity (Wildman–Crippen MR) is 66.3 cm³/mol. The van der Waals surface area contributed by atoms with E-state index in [-0.39, 0.29) is 0 Å². The molecule has 0 amide bonds. The first kappa shape index (κ1) is 11.0. The molecule has 2 fully saturated rings. The van der Waals surface area contributed by atoms with Crippen LogP contribution in [0.15, 0.2) is 6.07 Å². The zero-order valence-corrected chi connectivity index (χ0v) is 10.3. The second-order valence-corrected chi connectivity index (χ2v) is 5.48. The minimum absolute atomic E-state index is 0.570. The maximum absolute atomic E-state index is 10.9. The zero-order chi connectivity index (χ0) is 11.7. The summed E-state index contributed by atoms with van der Waals surface area (Å²) in [7, 11) is 0. The first-order valence-corrected chi connectivity index (χ1v) is 6.93. The van der Waals surface area contributed by atoms with E-state index < -0.39 is 0 Å². The maximum Gasteiger partial charge on any atom is 0.170 e. The van der Waals surface area contributed by atoms with Crippen LogP contribution in [0.4, 0.5) is 0 Å². The van der Waals surface area contributed by atoms with E-state index in [0.29, 0.717) is 17.7 Å². The van der Waals surface area contributed by atoms with Gasteiger partial charge in [0, 0.05) is 11.6 Å². The normalized spacial score (nSPS) is 22.4. The van der Waals surface area contributed by atoms with Gasteiger partial charge in [0.2, 0.25) is 0 Å². The van der Waals surface area contributed by atoms with Crippen molar-refractivity contribution in [1.29, 1.82) is 0 Å². The summed E-state index contributed by atoms with van der Waals surface area (Å²) in [5, 5.41) is 4.47. The highest BCUT2D eigenvalue weighted by Crippen LogP contribution is 2.38. The van der Waals surface area contributed by atoms with Gasteiger partial charge in [-0.2, -0.15) is 5.10 Å². The van der Waals surface area contributed by atoms with E-state index in [9.17, 15) is 4.79 Å². The molecule has 2 aliphatic carbocycles. The molecular weight excluding hydrogens is 212 g/mol. The van der Waals surface area contributed by atoms with Gasteiger partial charge >= 0.3 is 0 Å². The van der Waals surface area contributed by atoms with Crippen LogP contribution < -0.4 is 0 Å². The van der Waals surface area contributed by atoms with E-state index in [1.807, 2.05) is 6.07 Å². The minimum atomic E-state index is 0.570. The van der Waals surface area contributed by atoms with Crippen LogP contribution in [0.25, 0.3) is 0 Å². The lowest BCUT2D eigenvalue weighted by molar-refractivity contribution is 0.111. The van der Waals surface area contributed by atoms with Crippen LogP contribution in [0, 0.1) is 0 Å². The smallest absolute Gasteiger partial charge is 0.170 e. The molecule has 92 valence electrons. The van der Waals surface area contributed by atoms with Crippen molar-refractivity contribution < 1.29 is 4.79 Å². The number of rotatable bonds is 3. The molecule has 0 saturated heterocycles. The largest absolute Gasteiger partial charge is 0.296 e. The fraction of sp³-hybridized carbons (Fsp3) is 0.714. The molecule has 0 aliphatic heterocycles. The molecule has 1 aromatic rings. The summed E-state index contributed by atoms with van der Waals surface area (Å²) in [5.41, 5.74) is 1.95. The Kier molecular flexibility index (Phi) is 3.00. The second kappa shape index (κ2) is 4.63. The standard InChI is InChI=1S/C14H20N2O/c17-10-12-9-14(11-5-2-1-3-6-11)16(15-12)13-7-4-8-13/h9-11,13H,1-8H2. The summed E-state index contributed by atoms with van der Waals surface area (Å²) in [4.78, 5) is 10.9. The van der Waals surface area contributed by atoms with Crippen LogP contribution in [0.1, 0.15) is 79.5 Å². The molecule has 3 nitrogen and oxygen atoms in total. The van der Waals surface area contributed by atoms with Gasteiger partial charge in [-0.15, -0.1) is 0 Å². The van der Waals surface area contributed by atoms with E-state index >= 15 is 0 Å². The Balaban J connectivity index is 1.89. The molecule has 0 N–H and O–H groups in total. The molecule has 2 saturated carbocycles. The van der Waals surface area contributed by atoms with Gasteiger partial charge in [0.1, 0.15) is 5.69 Å². The Labute approximate surface area is 102 Å². The average Bonchev–Trinajstić information content (AvgIpc) is 2.72. The van der Waals surface area contributed by atoms with E-state index in [4.69, 9.17) is 0 Å². The number of carbonyl (C=O) groups is 1. The minimum Gasteiger partial charge on any atom is -0.296 e. The van der Waals surface area contributed by atoms with Gasteiger partial charge in [-0.3, -0.25) is 9.48 Å². The van der Waals surface area contributed by atoms with E-state index in [0.717, 1.165) is 6.29 Å².